The number of amides is 1. The van der Waals surface area contributed by atoms with Crippen LogP contribution in [0.2, 0.25) is 10.0 Å². The Hall–Kier alpha value is -3.15. The van der Waals surface area contributed by atoms with E-state index in [2.05, 4.69) is 13.8 Å². The Balaban J connectivity index is 1.77. The van der Waals surface area contributed by atoms with Crippen LogP contribution in [-0.4, -0.2) is 24.5 Å². The number of rotatable bonds is 4. The number of benzene rings is 3. The number of nitrogens with zero attached hydrogens (tertiary/aromatic N) is 2. The molecule has 37 heavy (non-hydrogen) atoms. The van der Waals surface area contributed by atoms with Crippen LogP contribution >= 0.6 is 23.2 Å². The summed E-state index contributed by atoms with van der Waals surface area (Å²) >= 11 is 13.1. The monoisotopic (exact) mass is 534 g/mol. The van der Waals surface area contributed by atoms with Gasteiger partial charge in [0, 0.05) is 22.7 Å². The molecule has 2 atom stereocenters. The van der Waals surface area contributed by atoms with Crippen molar-refractivity contribution in [3.05, 3.63) is 87.9 Å². The van der Waals surface area contributed by atoms with Gasteiger partial charge >= 0.3 is 0 Å². The molecule has 7 heteroatoms. The van der Waals surface area contributed by atoms with E-state index in [0.717, 1.165) is 11.3 Å². The number of Topliss-reactive ketones (excluding diaryl/α,β-unsaturated/α-hetero) is 1. The van der Waals surface area contributed by atoms with Crippen LogP contribution in [-0.2, 0) is 16.0 Å². The summed E-state index contributed by atoms with van der Waals surface area (Å²) in [5, 5.41) is 0.718. The Kier molecular flexibility index (Phi) is 6.86. The molecule has 190 valence electrons. The van der Waals surface area contributed by atoms with Gasteiger partial charge in [-0.15, -0.1) is 0 Å². The molecule has 1 saturated carbocycles. The van der Waals surface area contributed by atoms with Crippen molar-refractivity contribution in [2.24, 2.45) is 16.3 Å². The highest BCUT2D eigenvalue weighted by molar-refractivity contribution is 6.35. The average molecular weight is 535 g/mol. The van der Waals surface area contributed by atoms with Crippen LogP contribution in [0.5, 0.6) is 5.75 Å². The number of carbonyl (C=O) groups is 2. The zero-order valence-corrected chi connectivity index (χ0v) is 22.5. The van der Waals surface area contributed by atoms with Crippen molar-refractivity contribution in [1.29, 1.82) is 0 Å². The number of para-hydroxylation sites is 2. The van der Waals surface area contributed by atoms with E-state index >= 15 is 0 Å². The number of anilines is 1. The van der Waals surface area contributed by atoms with Crippen LogP contribution < -0.4 is 9.64 Å². The molecule has 5 rings (SSSR count). The molecule has 0 saturated heterocycles. The molecule has 3 aromatic rings. The zero-order chi connectivity index (χ0) is 26.3. The lowest BCUT2D eigenvalue weighted by atomic mass is 9.67. The minimum absolute atomic E-state index is 0.0310. The summed E-state index contributed by atoms with van der Waals surface area (Å²) in [6.45, 7) is 4.15. The molecule has 1 heterocycles. The third-order valence-corrected chi connectivity index (χ3v) is 7.54. The molecular weight excluding hydrogens is 507 g/mol. The molecule has 1 aliphatic heterocycles. The highest BCUT2D eigenvalue weighted by Crippen LogP contribution is 2.51. The second kappa shape index (κ2) is 9.96. The fourth-order valence-corrected chi connectivity index (χ4v) is 6.18. The maximum absolute atomic E-state index is 14.2. The highest BCUT2D eigenvalue weighted by atomic mass is 35.5. The second-order valence-corrected chi connectivity index (χ2v) is 11.3. The summed E-state index contributed by atoms with van der Waals surface area (Å²) in [6.07, 6.45) is 1.16. The van der Waals surface area contributed by atoms with E-state index in [0.29, 0.717) is 45.6 Å². The molecule has 5 nitrogen and oxygen atoms in total. The number of hydrogen-bond donors (Lipinski definition) is 0. The van der Waals surface area contributed by atoms with E-state index in [1.807, 2.05) is 54.6 Å². The molecular formula is C30H28Cl2N2O3. The quantitative estimate of drug-likeness (QED) is 0.350. The van der Waals surface area contributed by atoms with Crippen LogP contribution in [0.15, 0.2) is 71.7 Å². The smallest absolute Gasteiger partial charge is 0.232 e. The Morgan fingerprint density at radius 3 is 2.49 bits per heavy atom. The van der Waals surface area contributed by atoms with Gasteiger partial charge in [-0.05, 0) is 41.7 Å². The van der Waals surface area contributed by atoms with Gasteiger partial charge in [0.25, 0.3) is 0 Å². The minimum Gasteiger partial charge on any atom is -0.495 e. The number of aliphatic imine (C=N–C) groups is 1. The van der Waals surface area contributed by atoms with Crippen molar-refractivity contribution in [2.45, 2.75) is 39.2 Å². The van der Waals surface area contributed by atoms with Gasteiger partial charge in [-0.2, -0.15) is 0 Å². The normalized spacial score (nSPS) is 20.4. The zero-order valence-electron chi connectivity index (χ0n) is 21.0. The number of fused-ring (bicyclic) bond motifs is 2. The van der Waals surface area contributed by atoms with Crippen molar-refractivity contribution in [2.75, 3.05) is 12.0 Å². The van der Waals surface area contributed by atoms with Crippen LogP contribution in [0, 0.1) is 11.3 Å². The summed E-state index contributed by atoms with van der Waals surface area (Å²) in [5.41, 5.74) is 3.27. The summed E-state index contributed by atoms with van der Waals surface area (Å²) in [7, 11) is 1.53. The number of hydrogen-bond acceptors (Lipinski definition) is 4. The number of ketones is 1. The van der Waals surface area contributed by atoms with Gasteiger partial charge in [0.05, 0.1) is 41.9 Å². The van der Waals surface area contributed by atoms with Crippen molar-refractivity contribution in [1.82, 2.24) is 0 Å². The molecule has 2 aliphatic rings. The predicted octanol–water partition coefficient (Wildman–Crippen LogP) is 7.41. The molecule has 2 unspecified atom stereocenters. The van der Waals surface area contributed by atoms with Crippen molar-refractivity contribution < 1.29 is 14.3 Å². The first kappa shape index (κ1) is 25.5. The van der Waals surface area contributed by atoms with Crippen LogP contribution in [0.25, 0.3) is 0 Å². The first-order valence-corrected chi connectivity index (χ1v) is 13.0. The third-order valence-electron chi connectivity index (χ3n) is 7.04. The topological polar surface area (TPSA) is 59.0 Å². The Labute approximate surface area is 227 Å². The molecule has 0 aromatic heterocycles. The summed E-state index contributed by atoms with van der Waals surface area (Å²) in [5.74, 6) is -0.395. The summed E-state index contributed by atoms with van der Waals surface area (Å²) in [6, 6.07) is 19.7. The molecule has 0 radical (unpaired) electrons. The fourth-order valence-electron chi connectivity index (χ4n) is 5.59. The molecule has 0 N–H and O–H groups in total. The highest BCUT2D eigenvalue weighted by Gasteiger charge is 2.48. The maximum atomic E-state index is 14.2. The molecule has 1 fully saturated rings. The molecule has 0 bridgehead atoms. The van der Waals surface area contributed by atoms with Crippen LogP contribution in [0.4, 0.5) is 11.4 Å². The van der Waals surface area contributed by atoms with E-state index < -0.39 is 12.0 Å². The van der Waals surface area contributed by atoms with E-state index in [1.54, 1.807) is 17.0 Å². The minimum atomic E-state index is -0.728. The molecule has 1 amide bonds. The molecule has 3 aromatic carbocycles. The Morgan fingerprint density at radius 2 is 1.76 bits per heavy atom. The fraction of sp³-hybridized carbons (Fsp3) is 0.300. The first-order valence-electron chi connectivity index (χ1n) is 12.3. The second-order valence-electron chi connectivity index (χ2n) is 10.4. The third kappa shape index (κ3) is 4.90. The number of ether oxygens (including phenoxy) is 1. The number of halogens is 2. The van der Waals surface area contributed by atoms with Gasteiger partial charge in [0.15, 0.2) is 0 Å². The Morgan fingerprint density at radius 1 is 1.05 bits per heavy atom. The van der Waals surface area contributed by atoms with Crippen molar-refractivity contribution in [3.63, 3.8) is 0 Å². The van der Waals surface area contributed by atoms with E-state index in [4.69, 9.17) is 32.9 Å². The molecule has 0 spiro atoms. The largest absolute Gasteiger partial charge is 0.495 e. The SMILES string of the molecule is COc1c(Cl)cc(Cl)cc1C1C2C(=O)CC(C)(C)CC2=Nc2ccccc2N1C(=O)Cc1ccccc1. The lowest BCUT2D eigenvalue weighted by molar-refractivity contribution is -0.124. The predicted molar refractivity (Wildman–Crippen MR) is 148 cm³/mol. The first-order chi connectivity index (χ1) is 17.7. The summed E-state index contributed by atoms with van der Waals surface area (Å²) < 4.78 is 5.74. The van der Waals surface area contributed by atoms with Gasteiger partial charge in [-0.3, -0.25) is 14.6 Å². The van der Waals surface area contributed by atoms with E-state index in [-0.39, 0.29) is 23.5 Å². The number of methoxy groups -OCH3 is 1. The van der Waals surface area contributed by atoms with Crippen molar-refractivity contribution >= 4 is 52.0 Å². The lowest BCUT2D eigenvalue weighted by Crippen LogP contribution is -2.47. The van der Waals surface area contributed by atoms with Gasteiger partial charge in [0.1, 0.15) is 11.5 Å². The summed E-state index contributed by atoms with van der Waals surface area (Å²) in [4.78, 5) is 34.8. The van der Waals surface area contributed by atoms with E-state index in [9.17, 15) is 9.59 Å². The molecule has 1 aliphatic carbocycles. The van der Waals surface area contributed by atoms with Gasteiger partial charge in [0.2, 0.25) is 5.91 Å². The lowest BCUT2D eigenvalue weighted by Gasteiger charge is -2.41. The Bertz CT molecular complexity index is 1400. The van der Waals surface area contributed by atoms with Crippen LogP contribution in [0.1, 0.15) is 43.9 Å². The standard InChI is InChI=1S/C30H28Cl2N2O3/c1-30(2)16-23-27(25(35)17-30)28(20-14-19(31)15-21(32)29(20)37-3)34(24-12-8-7-11-22(24)33-23)26(36)13-18-9-5-4-6-10-18/h4-12,14-15,27-28H,13,16-17H2,1-3H3. The van der Waals surface area contributed by atoms with E-state index in [1.165, 1.54) is 7.11 Å². The van der Waals surface area contributed by atoms with Gasteiger partial charge < -0.3 is 9.64 Å². The maximum Gasteiger partial charge on any atom is 0.232 e. The number of carbonyl (C=O) groups excluding carboxylic acids is 2. The van der Waals surface area contributed by atoms with Crippen LogP contribution in [0.3, 0.4) is 0 Å². The average Bonchev–Trinajstić information content (AvgIpc) is 2.97. The van der Waals surface area contributed by atoms with Gasteiger partial charge in [-0.1, -0.05) is 79.5 Å². The van der Waals surface area contributed by atoms with Crippen molar-refractivity contribution in [3.8, 4) is 5.75 Å². The van der Waals surface area contributed by atoms with Gasteiger partial charge in [-0.25, -0.2) is 0 Å².